The molecule has 0 aliphatic rings. The molecule has 0 aromatic carbocycles. The number of amides is 6. The first kappa shape index (κ1) is 91.7. The summed E-state index contributed by atoms with van der Waals surface area (Å²) in [6.45, 7) is 0.808. The third-order valence-electron chi connectivity index (χ3n) is 15.2. The van der Waals surface area contributed by atoms with Gasteiger partial charge < -0.3 is 90.2 Å². The zero-order chi connectivity index (χ0) is 72.2. The molecule has 6 amide bonds. The molecule has 1 radical (unpaired) electrons. The molecule has 0 bridgehead atoms. The molecule has 10 N–H and O–H groups in total. The highest BCUT2D eigenvalue weighted by atomic mass is 16.5. The third-order valence-corrected chi connectivity index (χ3v) is 15.2. The number of carboxylic acid groups (broad SMARTS) is 4. The molecule has 0 saturated heterocycles. The average molecular weight is 1400 g/mol. The standard InChI is InChI=1S/C68H119N6O24/c75-51-58(98-50-49-94-42-38-72-64(82)54-97-48-45-92-40-36-70-60(78)34-31-55(67(87)88)73-61(79)27-23-19-15-11-7-3-1-2-4-9-13-17-21-25-29-65(83)84)57(76)52-95-46-43-93-41-37-71-63(81)53-96-47-44-91-39-35-69-59(77)33-32-56(68(89)90)74-62(80)28-24-20-16-12-8-5-6-10-14-18-22-26-30-66(85)86/h55-56,58H,1-50,52-54H2,(H,69,77)(H,70,78)(H,71,81)(H,72,82)(H,73,79)(H,74,80)(H,83,84)(H,85,86)(H,87,88)(H,89,90). The number of ether oxygens (including phenoxy) is 8. The van der Waals surface area contributed by atoms with Gasteiger partial charge in [-0.05, 0) is 38.5 Å². The van der Waals surface area contributed by atoms with Crippen molar-refractivity contribution >= 4 is 71.4 Å². The van der Waals surface area contributed by atoms with Crippen LogP contribution in [0.25, 0.3) is 0 Å². The number of ketones is 1. The van der Waals surface area contributed by atoms with Gasteiger partial charge in [0.2, 0.25) is 41.7 Å². The lowest BCUT2D eigenvalue weighted by atomic mass is 10.0. The van der Waals surface area contributed by atoms with Crippen LogP contribution in [0.5, 0.6) is 0 Å². The van der Waals surface area contributed by atoms with Crippen LogP contribution in [-0.2, 0) is 95.4 Å². The van der Waals surface area contributed by atoms with Crippen LogP contribution in [0.4, 0.5) is 0 Å². The highest BCUT2D eigenvalue weighted by Gasteiger charge is 2.23. The number of rotatable bonds is 75. The fourth-order valence-corrected chi connectivity index (χ4v) is 9.70. The van der Waals surface area contributed by atoms with E-state index < -0.39 is 66.3 Å². The lowest BCUT2D eigenvalue weighted by Crippen LogP contribution is -2.41. The van der Waals surface area contributed by atoms with Gasteiger partial charge in [-0.25, -0.2) is 9.59 Å². The highest BCUT2D eigenvalue weighted by molar-refractivity contribution is 5.97. The molecule has 98 heavy (non-hydrogen) atoms. The van der Waals surface area contributed by atoms with Crippen molar-refractivity contribution in [2.24, 2.45) is 0 Å². The predicted molar refractivity (Wildman–Crippen MR) is 360 cm³/mol. The van der Waals surface area contributed by atoms with Crippen LogP contribution in [-0.4, -0.2) is 235 Å². The molecular formula is C68H119N6O24. The molecule has 30 heteroatoms. The van der Waals surface area contributed by atoms with Crippen molar-refractivity contribution in [3.05, 3.63) is 0 Å². The van der Waals surface area contributed by atoms with E-state index in [0.29, 0.717) is 12.8 Å². The predicted octanol–water partition coefficient (Wildman–Crippen LogP) is 5.20. The Hall–Kier alpha value is -6.28. The Balaban J connectivity index is 3.76. The summed E-state index contributed by atoms with van der Waals surface area (Å²) in [5.41, 5.74) is 0. The van der Waals surface area contributed by atoms with Crippen LogP contribution < -0.4 is 31.9 Å². The van der Waals surface area contributed by atoms with E-state index in [9.17, 15) is 67.7 Å². The summed E-state index contributed by atoms with van der Waals surface area (Å²) in [5.74, 6) is -6.85. The number of hydrogen-bond acceptors (Lipinski definition) is 20. The maximum atomic E-state index is 12.4. The van der Waals surface area contributed by atoms with Gasteiger partial charge in [0.05, 0.1) is 79.3 Å². The zero-order valence-electron chi connectivity index (χ0n) is 58.2. The Labute approximate surface area is 579 Å². The first-order valence-electron chi connectivity index (χ1n) is 35.6. The number of aliphatic carboxylic acids is 4. The molecule has 3 unspecified atom stereocenters. The lowest BCUT2D eigenvalue weighted by molar-refractivity contribution is -0.142. The quantitative estimate of drug-likeness (QED) is 0.0276. The van der Waals surface area contributed by atoms with Crippen LogP contribution in [0.15, 0.2) is 0 Å². The van der Waals surface area contributed by atoms with E-state index in [-0.39, 0.29) is 194 Å². The minimum Gasteiger partial charge on any atom is -0.481 e. The zero-order valence-corrected chi connectivity index (χ0v) is 58.2. The Morgan fingerprint density at radius 2 is 0.551 bits per heavy atom. The fourth-order valence-electron chi connectivity index (χ4n) is 9.70. The van der Waals surface area contributed by atoms with Crippen molar-refractivity contribution in [1.29, 1.82) is 0 Å². The number of unbranched alkanes of at least 4 members (excludes halogenated alkanes) is 24. The Bertz CT molecular complexity index is 2140. The first-order valence-corrected chi connectivity index (χ1v) is 35.6. The molecule has 0 aliphatic heterocycles. The SMILES string of the molecule is O=[C]C(OCCOCCNC(=O)COCCOCCNC(=O)CCC(NC(=O)CCCCCCCCCCCCCCCCC(=O)O)C(=O)O)C(=O)COCCOCCNC(=O)COCCOCCNC(=O)CCC(NC(=O)CCCCCCCCCCCCCCC(=O)O)C(=O)O. The topological polar surface area (TPSA) is 432 Å². The van der Waals surface area contributed by atoms with E-state index in [0.717, 1.165) is 122 Å². The molecule has 565 valence electrons. The van der Waals surface area contributed by atoms with Gasteiger partial charge in [0.15, 0.2) is 11.9 Å². The van der Waals surface area contributed by atoms with Crippen molar-refractivity contribution in [2.75, 3.05) is 125 Å². The summed E-state index contributed by atoms with van der Waals surface area (Å²) >= 11 is 0. The van der Waals surface area contributed by atoms with Crippen LogP contribution in [0.2, 0.25) is 0 Å². The maximum Gasteiger partial charge on any atom is 0.326 e. The van der Waals surface area contributed by atoms with E-state index in [1.807, 2.05) is 0 Å². The fraction of sp³-hybridized carbons (Fsp3) is 0.824. The number of nitrogens with one attached hydrogen (secondary N) is 6. The second kappa shape index (κ2) is 67.9. The molecule has 0 aromatic heterocycles. The summed E-state index contributed by atoms with van der Waals surface area (Å²) in [6, 6.07) is -2.35. The molecule has 0 spiro atoms. The van der Waals surface area contributed by atoms with Gasteiger partial charge in [0.1, 0.15) is 31.9 Å². The summed E-state index contributed by atoms with van der Waals surface area (Å²) in [5, 5.41) is 52.0. The molecule has 3 atom stereocenters. The number of carbonyl (C=O) groups excluding carboxylic acids is 8. The molecule has 0 fully saturated rings. The molecule has 0 rings (SSSR count). The summed E-state index contributed by atoms with van der Waals surface area (Å²) in [6.07, 6.45) is 27.5. The normalized spacial score (nSPS) is 12.0. The third kappa shape index (κ3) is 64.4. The van der Waals surface area contributed by atoms with E-state index in [2.05, 4.69) is 31.9 Å². The second-order valence-electron chi connectivity index (χ2n) is 23.8. The van der Waals surface area contributed by atoms with Gasteiger partial charge in [-0.1, -0.05) is 141 Å². The van der Waals surface area contributed by atoms with E-state index >= 15 is 0 Å². The van der Waals surface area contributed by atoms with Gasteiger partial charge in [-0.15, -0.1) is 0 Å². The van der Waals surface area contributed by atoms with Gasteiger partial charge in [0, 0.05) is 64.7 Å². The van der Waals surface area contributed by atoms with Gasteiger partial charge in [0.25, 0.3) is 0 Å². The minimum atomic E-state index is -1.49. The molecule has 0 saturated carbocycles. The molecule has 0 aliphatic carbocycles. The average Bonchev–Trinajstić information content (AvgIpc) is 1.23. The van der Waals surface area contributed by atoms with Crippen LogP contribution in [0, 0.1) is 0 Å². The van der Waals surface area contributed by atoms with Gasteiger partial charge >= 0.3 is 23.9 Å². The van der Waals surface area contributed by atoms with Gasteiger partial charge in [-0.2, -0.15) is 0 Å². The monoisotopic (exact) mass is 1400 g/mol. The minimum absolute atomic E-state index is 0.0129. The summed E-state index contributed by atoms with van der Waals surface area (Å²) in [4.78, 5) is 142. The van der Waals surface area contributed by atoms with Gasteiger partial charge in [-0.3, -0.25) is 47.9 Å². The number of carboxylic acids is 4. The van der Waals surface area contributed by atoms with Crippen molar-refractivity contribution in [3.63, 3.8) is 0 Å². The van der Waals surface area contributed by atoms with Crippen LogP contribution >= 0.6 is 0 Å². The maximum absolute atomic E-state index is 12.4. The van der Waals surface area contributed by atoms with Crippen molar-refractivity contribution in [3.8, 4) is 0 Å². The largest absolute Gasteiger partial charge is 0.481 e. The second-order valence-corrected chi connectivity index (χ2v) is 23.8. The molecule has 30 nitrogen and oxygen atoms in total. The van der Waals surface area contributed by atoms with Crippen molar-refractivity contribution in [2.45, 2.75) is 236 Å². The number of carbonyl (C=O) groups is 11. The highest BCUT2D eigenvalue weighted by Crippen LogP contribution is 2.16. The Morgan fingerprint density at radius 1 is 0.286 bits per heavy atom. The number of hydrogen-bond donors (Lipinski definition) is 10. The Morgan fingerprint density at radius 3 is 0.847 bits per heavy atom. The molecular weight excluding hydrogens is 1280 g/mol. The molecule has 0 heterocycles. The molecule has 0 aromatic rings. The van der Waals surface area contributed by atoms with E-state index in [1.54, 1.807) is 0 Å². The Kier molecular flexibility index (Phi) is 63.5. The van der Waals surface area contributed by atoms with Crippen molar-refractivity contribution in [1.82, 2.24) is 31.9 Å². The summed E-state index contributed by atoms with van der Waals surface area (Å²) in [7, 11) is 0. The van der Waals surface area contributed by atoms with Crippen LogP contribution in [0.3, 0.4) is 0 Å². The lowest BCUT2D eigenvalue weighted by Gasteiger charge is -2.14. The van der Waals surface area contributed by atoms with Crippen molar-refractivity contribution < 1.29 is 116 Å². The smallest absolute Gasteiger partial charge is 0.326 e. The summed E-state index contributed by atoms with van der Waals surface area (Å²) < 4.78 is 42.6. The first-order chi connectivity index (χ1) is 47.4. The van der Waals surface area contributed by atoms with Crippen LogP contribution in [0.1, 0.15) is 218 Å². The van der Waals surface area contributed by atoms with E-state index in [1.165, 1.54) is 38.4 Å². The van der Waals surface area contributed by atoms with E-state index in [4.69, 9.17) is 48.1 Å². The number of Topliss-reactive ketones (excluding diaryl/α,β-unsaturated/α-hetero) is 1.